The second-order valence-corrected chi connectivity index (χ2v) is 5.47. The molecule has 0 aliphatic rings. The third-order valence-electron chi connectivity index (χ3n) is 2.27. The van der Waals surface area contributed by atoms with E-state index in [4.69, 9.17) is 0 Å². The maximum atomic E-state index is 12.2. The lowest BCUT2D eigenvalue weighted by molar-refractivity contribution is 0.0368. The molecule has 0 spiro atoms. The van der Waals surface area contributed by atoms with Crippen LogP contribution in [0, 0.1) is 6.92 Å². The second kappa shape index (κ2) is 5.01. The summed E-state index contributed by atoms with van der Waals surface area (Å²) in [6.45, 7) is 5.44. The van der Waals surface area contributed by atoms with Gasteiger partial charge in [0.2, 0.25) is 0 Å². The number of carbonyl (C=O) groups excluding carboxylic acids is 1. The fraction of sp³-hybridized carbons (Fsp3) is 0.636. The molecule has 96 valence electrons. The number of rotatable bonds is 4. The van der Waals surface area contributed by atoms with Gasteiger partial charge in [-0.05, 0) is 32.3 Å². The molecule has 1 aromatic rings. The average molecular weight is 257 g/mol. The lowest BCUT2D eigenvalue weighted by Gasteiger charge is -2.25. The summed E-state index contributed by atoms with van der Waals surface area (Å²) < 4.78 is 4.16. The molecule has 1 heterocycles. The van der Waals surface area contributed by atoms with Gasteiger partial charge in [-0.2, -0.15) is 4.37 Å². The molecular formula is C11H19N3O2S. The minimum atomic E-state index is -0.901. The van der Waals surface area contributed by atoms with Gasteiger partial charge in [0.25, 0.3) is 5.91 Å². The van der Waals surface area contributed by atoms with Crippen LogP contribution in [0.25, 0.3) is 0 Å². The zero-order valence-corrected chi connectivity index (χ0v) is 11.7. The number of anilines is 1. The highest BCUT2D eigenvalue weighted by atomic mass is 32.1. The van der Waals surface area contributed by atoms with Crippen LogP contribution in [0.15, 0.2) is 0 Å². The van der Waals surface area contributed by atoms with Crippen molar-refractivity contribution in [2.75, 3.05) is 26.0 Å². The van der Waals surface area contributed by atoms with Crippen molar-refractivity contribution >= 4 is 22.4 Å². The number of hydrogen-bond acceptors (Lipinski definition) is 5. The van der Waals surface area contributed by atoms with Crippen molar-refractivity contribution < 1.29 is 9.90 Å². The van der Waals surface area contributed by atoms with E-state index in [0.29, 0.717) is 11.3 Å². The normalized spacial score (nSPS) is 11.4. The van der Waals surface area contributed by atoms with Gasteiger partial charge in [0.05, 0.1) is 16.9 Å². The molecule has 1 rings (SSSR count). The zero-order chi connectivity index (χ0) is 13.2. The molecule has 0 bridgehead atoms. The summed E-state index contributed by atoms with van der Waals surface area (Å²) in [5.41, 5.74) is 0.401. The van der Waals surface area contributed by atoms with Crippen LogP contribution in [0.2, 0.25) is 0 Å². The Hall–Kier alpha value is -1.14. The number of hydrogen-bond donors (Lipinski definition) is 2. The smallest absolute Gasteiger partial charge is 0.258 e. The van der Waals surface area contributed by atoms with Gasteiger partial charge in [0.15, 0.2) is 0 Å². The van der Waals surface area contributed by atoms with Crippen molar-refractivity contribution in [1.29, 1.82) is 0 Å². The molecule has 0 saturated carbocycles. The van der Waals surface area contributed by atoms with Crippen molar-refractivity contribution in [2.45, 2.75) is 26.4 Å². The van der Waals surface area contributed by atoms with Gasteiger partial charge < -0.3 is 15.3 Å². The first-order chi connectivity index (χ1) is 7.76. The Balaban J connectivity index is 2.92. The van der Waals surface area contributed by atoms with Gasteiger partial charge in [-0.25, -0.2) is 0 Å². The average Bonchev–Trinajstić information content (AvgIpc) is 2.55. The van der Waals surface area contributed by atoms with Crippen LogP contribution in [-0.4, -0.2) is 46.5 Å². The highest BCUT2D eigenvalue weighted by molar-refractivity contribution is 7.10. The van der Waals surface area contributed by atoms with E-state index < -0.39 is 5.60 Å². The molecule has 0 aliphatic heterocycles. The number of amides is 1. The molecule has 0 radical (unpaired) electrons. The van der Waals surface area contributed by atoms with Crippen LogP contribution < -0.4 is 5.32 Å². The highest BCUT2D eigenvalue weighted by Gasteiger charge is 2.24. The SMILES string of the molecule is CNc1snc(C)c1C(=O)N(C)CC(C)(C)O. The number of carbonyl (C=O) groups is 1. The predicted molar refractivity (Wildman–Crippen MR) is 69.7 cm³/mol. The summed E-state index contributed by atoms with van der Waals surface area (Å²) in [6.07, 6.45) is 0. The van der Waals surface area contributed by atoms with E-state index in [1.54, 1.807) is 27.9 Å². The summed E-state index contributed by atoms with van der Waals surface area (Å²) in [6, 6.07) is 0. The maximum Gasteiger partial charge on any atom is 0.258 e. The summed E-state index contributed by atoms with van der Waals surface area (Å²) in [5, 5.41) is 13.4. The molecule has 0 fully saturated rings. The first-order valence-electron chi connectivity index (χ1n) is 5.38. The molecule has 5 nitrogen and oxygen atoms in total. The van der Waals surface area contributed by atoms with Gasteiger partial charge in [-0.15, -0.1) is 0 Å². The molecule has 6 heteroatoms. The van der Waals surface area contributed by atoms with Crippen molar-refractivity contribution in [3.8, 4) is 0 Å². The summed E-state index contributed by atoms with van der Waals surface area (Å²) in [4.78, 5) is 13.7. The summed E-state index contributed by atoms with van der Waals surface area (Å²) in [5.74, 6) is -0.122. The molecule has 0 aromatic carbocycles. The third-order valence-corrected chi connectivity index (χ3v) is 3.23. The van der Waals surface area contributed by atoms with Crippen LogP contribution in [0.1, 0.15) is 29.9 Å². The minimum absolute atomic E-state index is 0.122. The monoisotopic (exact) mass is 257 g/mol. The molecule has 0 unspecified atom stereocenters. The Bertz CT molecular complexity index is 409. The molecule has 2 N–H and O–H groups in total. The number of likely N-dealkylation sites (N-methyl/N-ethyl adjacent to an activating group) is 1. The van der Waals surface area contributed by atoms with Crippen LogP contribution in [-0.2, 0) is 0 Å². The van der Waals surface area contributed by atoms with Crippen molar-refractivity contribution in [2.24, 2.45) is 0 Å². The van der Waals surface area contributed by atoms with E-state index in [1.165, 1.54) is 16.4 Å². The van der Waals surface area contributed by atoms with E-state index in [9.17, 15) is 9.90 Å². The predicted octanol–water partition coefficient (Wildman–Crippen LogP) is 1.34. The maximum absolute atomic E-state index is 12.2. The number of aryl methyl sites for hydroxylation is 1. The summed E-state index contributed by atoms with van der Waals surface area (Å²) >= 11 is 1.27. The second-order valence-electron chi connectivity index (χ2n) is 4.70. The lowest BCUT2D eigenvalue weighted by Crippen LogP contribution is -2.40. The fourth-order valence-corrected chi connectivity index (χ4v) is 2.37. The Morgan fingerprint density at radius 1 is 1.59 bits per heavy atom. The van der Waals surface area contributed by atoms with Gasteiger partial charge in [0.1, 0.15) is 5.00 Å². The van der Waals surface area contributed by atoms with E-state index >= 15 is 0 Å². The van der Waals surface area contributed by atoms with Crippen molar-refractivity contribution in [1.82, 2.24) is 9.27 Å². The Morgan fingerprint density at radius 2 is 2.18 bits per heavy atom. The first kappa shape index (κ1) is 13.9. The zero-order valence-electron chi connectivity index (χ0n) is 10.9. The van der Waals surface area contributed by atoms with Gasteiger partial charge >= 0.3 is 0 Å². The third kappa shape index (κ3) is 3.41. The van der Waals surface area contributed by atoms with Gasteiger partial charge in [-0.3, -0.25) is 4.79 Å². The molecule has 1 amide bonds. The standard InChI is InChI=1S/C11H19N3O2S/c1-7-8(9(12-4)17-13-7)10(15)14(5)6-11(2,3)16/h12,16H,6H2,1-5H3. The molecule has 1 aromatic heterocycles. The molecular weight excluding hydrogens is 238 g/mol. The highest BCUT2D eigenvalue weighted by Crippen LogP contribution is 2.25. The number of nitrogens with one attached hydrogen (secondary N) is 1. The lowest BCUT2D eigenvalue weighted by atomic mass is 10.1. The molecule has 0 atom stereocenters. The van der Waals surface area contributed by atoms with Gasteiger partial charge in [0, 0.05) is 20.6 Å². The number of nitrogens with zero attached hydrogens (tertiary/aromatic N) is 2. The minimum Gasteiger partial charge on any atom is -0.389 e. The number of aliphatic hydroxyl groups is 1. The molecule has 0 aliphatic carbocycles. The van der Waals surface area contributed by atoms with Crippen LogP contribution in [0.5, 0.6) is 0 Å². The van der Waals surface area contributed by atoms with Crippen molar-refractivity contribution in [3.63, 3.8) is 0 Å². The molecule has 0 saturated heterocycles. The van der Waals surface area contributed by atoms with Crippen LogP contribution >= 0.6 is 11.5 Å². The van der Waals surface area contributed by atoms with Crippen molar-refractivity contribution in [3.05, 3.63) is 11.3 Å². The van der Waals surface area contributed by atoms with Gasteiger partial charge in [-0.1, -0.05) is 0 Å². The fourth-order valence-electron chi connectivity index (χ4n) is 1.64. The molecule has 17 heavy (non-hydrogen) atoms. The topological polar surface area (TPSA) is 65.5 Å². The Morgan fingerprint density at radius 3 is 2.65 bits per heavy atom. The van der Waals surface area contributed by atoms with E-state index in [0.717, 1.165) is 5.00 Å². The van der Waals surface area contributed by atoms with E-state index in [1.807, 2.05) is 6.92 Å². The number of aromatic nitrogens is 1. The Labute approximate surface area is 106 Å². The van der Waals surface area contributed by atoms with Crippen LogP contribution in [0.3, 0.4) is 0 Å². The Kier molecular flexibility index (Phi) is 4.11. The van der Waals surface area contributed by atoms with Crippen LogP contribution in [0.4, 0.5) is 5.00 Å². The van der Waals surface area contributed by atoms with E-state index in [2.05, 4.69) is 9.69 Å². The quantitative estimate of drug-likeness (QED) is 0.854. The first-order valence-corrected chi connectivity index (χ1v) is 6.15. The van der Waals surface area contributed by atoms with E-state index in [-0.39, 0.29) is 12.5 Å². The summed E-state index contributed by atoms with van der Waals surface area (Å²) in [7, 11) is 3.44. The largest absolute Gasteiger partial charge is 0.389 e.